The highest BCUT2D eigenvalue weighted by molar-refractivity contribution is 6.31. The molecule has 7 fully saturated rings. The number of hydrogen-bond acceptors (Lipinski definition) is 12. The summed E-state index contributed by atoms with van der Waals surface area (Å²) < 4.78 is 41.6. The van der Waals surface area contributed by atoms with Crippen molar-refractivity contribution in [3.8, 4) is 0 Å². The molecule has 0 aromatic heterocycles. The number of carbonyl (C=O) groups excluding carboxylic acids is 12. The van der Waals surface area contributed by atoms with Crippen molar-refractivity contribution in [2.24, 2.45) is 17.8 Å². The number of alkyl halides is 3. The molecule has 0 radical (unpaired) electrons. The summed E-state index contributed by atoms with van der Waals surface area (Å²) in [5.74, 6) is -8.37. The molecular formula is C72H108ClF3N12O12. The van der Waals surface area contributed by atoms with Crippen molar-refractivity contribution in [3.63, 3.8) is 0 Å². The average Bonchev–Trinajstić information content (AvgIpc) is 1.50. The number of halogens is 4. The van der Waals surface area contributed by atoms with Gasteiger partial charge in [0.05, 0.1) is 23.6 Å². The molecule has 7 aliphatic rings. The maximum Gasteiger partial charge on any atom is 0.417 e. The maximum absolute atomic E-state index is 15.6. The Morgan fingerprint density at radius 3 is 1.90 bits per heavy atom. The van der Waals surface area contributed by atoms with Crippen LogP contribution < -0.4 is 21.3 Å². The number of hydrogen-bond donors (Lipinski definition) is 4. The molecule has 0 bridgehead atoms. The molecule has 28 heteroatoms. The molecule has 1 aromatic rings. The molecule has 1 aromatic carbocycles. The van der Waals surface area contributed by atoms with E-state index in [1.165, 1.54) is 77.6 Å². The van der Waals surface area contributed by atoms with Gasteiger partial charge in [-0.2, -0.15) is 13.2 Å². The summed E-state index contributed by atoms with van der Waals surface area (Å²) in [7, 11) is 7.28. The smallest absolute Gasteiger partial charge is 0.343 e. The normalized spacial score (nSPS) is 28.3. The predicted octanol–water partition coefficient (Wildman–Crippen LogP) is 5.98. The van der Waals surface area contributed by atoms with Crippen LogP contribution in [0, 0.1) is 17.8 Å². The molecule has 4 aliphatic heterocycles. The molecule has 4 saturated heterocycles. The number of aryl methyl sites for hydroxylation is 1. The molecular weight excluding hydrogens is 1320 g/mol. The number of likely N-dealkylation sites (tertiary alicyclic amines) is 1. The largest absolute Gasteiger partial charge is 0.417 e. The van der Waals surface area contributed by atoms with Gasteiger partial charge in [0.25, 0.3) is 0 Å². The lowest BCUT2D eigenvalue weighted by molar-refractivity contribution is -0.158. The van der Waals surface area contributed by atoms with E-state index in [0.29, 0.717) is 76.4 Å². The first kappa shape index (κ1) is 78.7. The molecule has 1 spiro atoms. The van der Waals surface area contributed by atoms with Crippen LogP contribution in [-0.2, 0) is 70.1 Å². The lowest BCUT2D eigenvalue weighted by atomic mass is 9.84. The van der Waals surface area contributed by atoms with Gasteiger partial charge in [0.2, 0.25) is 70.9 Å². The molecule has 24 nitrogen and oxygen atoms in total. The summed E-state index contributed by atoms with van der Waals surface area (Å²) in [6.07, 6.45) is 7.05. The molecule has 3 aliphatic carbocycles. The van der Waals surface area contributed by atoms with Crippen LogP contribution in [-0.4, -0.2) is 238 Å². The van der Waals surface area contributed by atoms with Crippen LogP contribution in [0.15, 0.2) is 18.2 Å². The number of benzene rings is 1. The molecule has 10 atom stereocenters. The number of fused-ring (bicyclic) bond motifs is 2. The van der Waals surface area contributed by atoms with Crippen LogP contribution >= 0.6 is 11.6 Å². The predicted molar refractivity (Wildman–Crippen MR) is 367 cm³/mol. The molecule has 4 N–H and O–H groups in total. The van der Waals surface area contributed by atoms with Crippen molar-refractivity contribution in [1.29, 1.82) is 0 Å². The van der Waals surface area contributed by atoms with E-state index >= 15 is 19.2 Å². The number of unbranched alkanes of at least 4 members (excludes halogenated alkanes) is 2. The van der Waals surface area contributed by atoms with E-state index in [0.717, 1.165) is 68.4 Å². The third kappa shape index (κ3) is 18.4. The van der Waals surface area contributed by atoms with Gasteiger partial charge >= 0.3 is 6.18 Å². The Labute approximate surface area is 591 Å². The van der Waals surface area contributed by atoms with E-state index < -0.39 is 166 Å². The fourth-order valence-electron chi connectivity index (χ4n) is 16.0. The monoisotopic (exact) mass is 1420 g/mol. The second kappa shape index (κ2) is 34.7. The first-order valence-electron chi connectivity index (χ1n) is 36.7. The maximum atomic E-state index is 15.6. The van der Waals surface area contributed by atoms with Crippen molar-refractivity contribution in [2.45, 2.75) is 261 Å². The van der Waals surface area contributed by atoms with Crippen molar-refractivity contribution in [2.75, 3.05) is 68.0 Å². The Bertz CT molecular complexity index is 3160. The standard InChI is InChI=1S/C72H108ClF3N12O12/c1-10-12-14-27-52-61(91)79-59(44(3)11-2)63(93)77-45(4)64(94)88-39-33-54(88)67(97)83(7)55(41-46-23-15-13-16-24-46)66(96)81(5)43-57(89)78-51(32-30-47-29-31-49(50(73)40-47)72(74,75)76)65(95)87-38-21-28-53(87)62(92)80-71(34-19-20-35-71)70(100)85(9)60(48-25-17-18-26-48)69(99)84(8)56(42-58(90)82(52)6)68(98)86-36-22-37-86/h29,31,40,44-46,48,51-56,59-60H,10-28,30,32-39,41-43H2,1-9H3,(H,77,93)(H,78,89)(H,79,91)(H,80,92)/t44-,45-,51-,52-,53-,54-,55-,56-,59-,60-/m0/s1. The summed E-state index contributed by atoms with van der Waals surface area (Å²) in [6, 6.07) is -7.66. The molecule has 3 saturated carbocycles. The van der Waals surface area contributed by atoms with Crippen LogP contribution in [0.25, 0.3) is 0 Å². The summed E-state index contributed by atoms with van der Waals surface area (Å²) in [5.41, 5.74) is -2.32. The average molecular weight is 1430 g/mol. The minimum Gasteiger partial charge on any atom is -0.343 e. The van der Waals surface area contributed by atoms with Gasteiger partial charge in [0.1, 0.15) is 59.9 Å². The van der Waals surface area contributed by atoms with Gasteiger partial charge in [-0.3, -0.25) is 57.5 Å². The summed E-state index contributed by atoms with van der Waals surface area (Å²) in [6.45, 7) is 7.41. The van der Waals surface area contributed by atoms with Crippen molar-refractivity contribution >= 4 is 82.5 Å². The topological polar surface area (TPSA) is 279 Å². The summed E-state index contributed by atoms with van der Waals surface area (Å²) in [4.78, 5) is 190. The van der Waals surface area contributed by atoms with Gasteiger partial charge in [0.15, 0.2) is 0 Å². The van der Waals surface area contributed by atoms with Crippen molar-refractivity contribution in [1.82, 2.24) is 60.5 Å². The molecule has 100 heavy (non-hydrogen) atoms. The quantitative estimate of drug-likeness (QED) is 0.166. The van der Waals surface area contributed by atoms with Gasteiger partial charge in [-0.05, 0) is 119 Å². The molecule has 4 heterocycles. The minimum absolute atomic E-state index is 0.0266. The zero-order chi connectivity index (χ0) is 73.1. The van der Waals surface area contributed by atoms with Crippen LogP contribution in [0.4, 0.5) is 13.2 Å². The SMILES string of the molecule is CCCCC[C@H]1C(=O)N[C@@H]([C@@H](C)CC)C(=O)N[C@@H](C)C(=O)N2CC[C@H]2C(=O)N(C)[C@@H](CC2CCCCC2)C(=O)N(C)CC(=O)N[C@@H](CCc2ccc(C(F)(F)F)c(Cl)c2)C(=O)N2CCC[C@H]2C(=O)NC2(CCCC2)C(=O)N(C)[C@@H](C2CCCC2)C(=O)N(C)[C@H](C(=O)N2CCC2)CC(=O)N1C. The fraction of sp³-hybridized carbons (Fsp3) is 0.750. The Balaban J connectivity index is 1.16. The highest BCUT2D eigenvalue weighted by Gasteiger charge is 2.52. The number of rotatable bonds is 13. The third-order valence-electron chi connectivity index (χ3n) is 22.7. The Hall–Kier alpha value is -7.06. The third-order valence-corrected chi connectivity index (χ3v) is 23.0. The van der Waals surface area contributed by atoms with Crippen LogP contribution in [0.5, 0.6) is 0 Å². The van der Waals surface area contributed by atoms with Crippen LogP contribution in [0.3, 0.4) is 0 Å². The highest BCUT2D eigenvalue weighted by Crippen LogP contribution is 2.39. The zero-order valence-corrected chi connectivity index (χ0v) is 60.8. The first-order valence-corrected chi connectivity index (χ1v) is 37.1. The van der Waals surface area contributed by atoms with E-state index in [2.05, 4.69) is 21.3 Å². The first-order chi connectivity index (χ1) is 47.4. The Morgan fingerprint density at radius 2 is 1.30 bits per heavy atom. The number of amides is 12. The van der Waals surface area contributed by atoms with E-state index in [-0.39, 0.29) is 76.3 Å². The van der Waals surface area contributed by atoms with Gasteiger partial charge in [-0.15, -0.1) is 0 Å². The second-order valence-corrected chi connectivity index (χ2v) is 30.0. The molecule has 556 valence electrons. The highest BCUT2D eigenvalue weighted by atomic mass is 35.5. The lowest BCUT2D eigenvalue weighted by Gasteiger charge is -2.44. The van der Waals surface area contributed by atoms with E-state index in [1.54, 1.807) is 11.8 Å². The van der Waals surface area contributed by atoms with Gasteiger partial charge in [0, 0.05) is 61.4 Å². The molecule has 8 rings (SSSR count). The Morgan fingerprint density at radius 1 is 0.640 bits per heavy atom. The number of carbonyl (C=O) groups is 12. The number of nitrogens with one attached hydrogen (secondary N) is 4. The van der Waals surface area contributed by atoms with E-state index in [1.807, 2.05) is 13.8 Å². The van der Waals surface area contributed by atoms with Crippen molar-refractivity contribution in [3.05, 3.63) is 34.3 Å². The number of nitrogens with zero attached hydrogens (tertiary/aromatic N) is 8. The van der Waals surface area contributed by atoms with Gasteiger partial charge in [-0.25, -0.2) is 0 Å². The summed E-state index contributed by atoms with van der Waals surface area (Å²) >= 11 is 6.16. The van der Waals surface area contributed by atoms with Gasteiger partial charge in [-0.1, -0.05) is 122 Å². The van der Waals surface area contributed by atoms with Gasteiger partial charge < -0.3 is 60.5 Å². The van der Waals surface area contributed by atoms with E-state index in [4.69, 9.17) is 11.6 Å². The van der Waals surface area contributed by atoms with Crippen LogP contribution in [0.1, 0.15) is 199 Å². The van der Waals surface area contributed by atoms with Crippen LogP contribution in [0.2, 0.25) is 5.02 Å². The number of likely N-dealkylation sites (N-methyl/N-ethyl adjacent to an activating group) is 5. The summed E-state index contributed by atoms with van der Waals surface area (Å²) in [5, 5.41) is 11.0. The second-order valence-electron chi connectivity index (χ2n) is 29.5. The van der Waals surface area contributed by atoms with E-state index in [9.17, 15) is 51.5 Å². The molecule has 12 amide bonds. The fourth-order valence-corrected chi connectivity index (χ4v) is 16.3. The molecule has 0 unspecified atom stereocenters. The minimum atomic E-state index is -4.76. The zero-order valence-electron chi connectivity index (χ0n) is 60.1. The van der Waals surface area contributed by atoms with Crippen molar-refractivity contribution < 1.29 is 70.7 Å². The Kier molecular flexibility index (Phi) is 27.3. The lowest BCUT2D eigenvalue weighted by Crippen LogP contribution is -2.65.